The Kier molecular flexibility index (Phi) is 10.7. The predicted molar refractivity (Wildman–Crippen MR) is 122 cm³/mol. The topological polar surface area (TPSA) is 76.7 Å². The molecule has 0 saturated carbocycles. The van der Waals surface area contributed by atoms with E-state index in [0.717, 1.165) is 31.5 Å². The van der Waals surface area contributed by atoms with Crippen molar-refractivity contribution >= 4 is 9.84 Å². The highest BCUT2D eigenvalue weighted by molar-refractivity contribution is 7.91. The quantitative estimate of drug-likeness (QED) is 0.420. The summed E-state index contributed by atoms with van der Waals surface area (Å²) in [4.78, 5) is 0. The molecule has 0 saturated heterocycles. The molecule has 7 heteroatoms. The Morgan fingerprint density at radius 1 is 0.733 bits per heavy atom. The molecule has 2 aromatic carbocycles. The van der Waals surface area contributed by atoms with Crippen LogP contribution in [0.5, 0.6) is 11.5 Å². The van der Waals surface area contributed by atoms with Crippen molar-refractivity contribution in [3.05, 3.63) is 59.7 Å². The smallest absolute Gasteiger partial charge is 0.160 e. The lowest BCUT2D eigenvalue weighted by atomic mass is 10.1. The van der Waals surface area contributed by atoms with E-state index in [-0.39, 0.29) is 11.5 Å². The summed E-state index contributed by atoms with van der Waals surface area (Å²) >= 11 is 0. The van der Waals surface area contributed by atoms with E-state index < -0.39 is 9.84 Å². The van der Waals surface area contributed by atoms with Crippen molar-refractivity contribution < 1.29 is 17.9 Å². The van der Waals surface area contributed by atoms with Gasteiger partial charge in [0.1, 0.15) is 0 Å². The fourth-order valence-electron chi connectivity index (χ4n) is 3.14. The van der Waals surface area contributed by atoms with Gasteiger partial charge in [-0.15, -0.1) is 0 Å². The lowest BCUT2D eigenvalue weighted by molar-refractivity contribution is 0.354. The molecule has 0 radical (unpaired) electrons. The van der Waals surface area contributed by atoms with E-state index in [1.54, 1.807) is 14.2 Å². The first-order valence-electron chi connectivity index (χ1n) is 10.4. The van der Waals surface area contributed by atoms with Gasteiger partial charge in [-0.1, -0.05) is 36.4 Å². The molecular formula is C23H34N2O4S. The van der Waals surface area contributed by atoms with Crippen molar-refractivity contribution in [1.29, 1.82) is 0 Å². The fraction of sp³-hybridized carbons (Fsp3) is 0.478. The molecular weight excluding hydrogens is 400 g/mol. The Labute approximate surface area is 180 Å². The minimum absolute atomic E-state index is 0.170. The zero-order valence-electron chi connectivity index (χ0n) is 18.0. The first-order valence-corrected chi connectivity index (χ1v) is 12.2. The molecule has 0 spiro atoms. The zero-order chi connectivity index (χ0) is 21.7. The Balaban J connectivity index is 1.54. The Morgan fingerprint density at radius 2 is 1.40 bits per heavy atom. The van der Waals surface area contributed by atoms with Crippen LogP contribution in [0.3, 0.4) is 0 Å². The van der Waals surface area contributed by atoms with Gasteiger partial charge >= 0.3 is 0 Å². The van der Waals surface area contributed by atoms with Gasteiger partial charge in [0.05, 0.1) is 25.7 Å². The third-order valence-electron chi connectivity index (χ3n) is 4.87. The molecule has 0 aliphatic carbocycles. The van der Waals surface area contributed by atoms with Gasteiger partial charge in [0.25, 0.3) is 0 Å². The molecule has 2 N–H and O–H groups in total. The number of sulfone groups is 1. The minimum Gasteiger partial charge on any atom is -0.493 e. The van der Waals surface area contributed by atoms with Crippen LogP contribution in [0.15, 0.2) is 48.5 Å². The van der Waals surface area contributed by atoms with Gasteiger partial charge in [-0.25, -0.2) is 8.42 Å². The maximum Gasteiger partial charge on any atom is 0.160 e. The average Bonchev–Trinajstić information content (AvgIpc) is 2.76. The number of hydrogen-bond donors (Lipinski definition) is 2. The van der Waals surface area contributed by atoms with E-state index in [9.17, 15) is 8.42 Å². The number of methoxy groups -OCH3 is 2. The van der Waals surface area contributed by atoms with E-state index in [1.807, 2.05) is 36.4 Å². The molecule has 0 heterocycles. The molecule has 30 heavy (non-hydrogen) atoms. The summed E-state index contributed by atoms with van der Waals surface area (Å²) in [6.07, 6.45) is 2.39. The highest BCUT2D eigenvalue weighted by Crippen LogP contribution is 2.27. The van der Waals surface area contributed by atoms with Gasteiger partial charge < -0.3 is 20.1 Å². The summed E-state index contributed by atoms with van der Waals surface area (Å²) in [7, 11) is 0.201. The van der Waals surface area contributed by atoms with Crippen molar-refractivity contribution in [2.24, 2.45) is 0 Å². The van der Waals surface area contributed by atoms with Crippen LogP contribution in [0.25, 0.3) is 0 Å². The van der Waals surface area contributed by atoms with Crippen LogP contribution in [0, 0.1) is 0 Å². The van der Waals surface area contributed by atoms with Crippen LogP contribution in [-0.4, -0.2) is 60.3 Å². The van der Waals surface area contributed by atoms with Gasteiger partial charge in [-0.2, -0.15) is 0 Å². The average molecular weight is 435 g/mol. The van der Waals surface area contributed by atoms with Gasteiger partial charge in [-0.3, -0.25) is 0 Å². The van der Waals surface area contributed by atoms with E-state index >= 15 is 0 Å². The molecule has 0 amide bonds. The third kappa shape index (κ3) is 9.15. The van der Waals surface area contributed by atoms with Gasteiger partial charge in [0.15, 0.2) is 21.3 Å². The van der Waals surface area contributed by atoms with E-state index in [2.05, 4.69) is 22.8 Å². The molecule has 6 nitrogen and oxygen atoms in total. The molecule has 0 aliphatic rings. The van der Waals surface area contributed by atoms with Crippen LogP contribution < -0.4 is 20.1 Å². The number of rotatable bonds is 15. The normalized spacial score (nSPS) is 11.4. The summed E-state index contributed by atoms with van der Waals surface area (Å²) in [5.74, 6) is 1.80. The molecule has 0 fully saturated rings. The largest absolute Gasteiger partial charge is 0.493 e. The third-order valence-corrected chi connectivity index (χ3v) is 6.61. The summed E-state index contributed by atoms with van der Waals surface area (Å²) in [5, 5.41) is 6.54. The predicted octanol–water partition coefficient (Wildman–Crippen LogP) is 2.47. The SMILES string of the molecule is COc1ccc(CCNCCS(=O)(=O)CCCNCCc2ccccc2)cc1OC. The number of benzene rings is 2. The molecule has 0 aliphatic heterocycles. The maximum absolute atomic E-state index is 12.2. The van der Waals surface area contributed by atoms with E-state index in [0.29, 0.717) is 31.0 Å². The summed E-state index contributed by atoms with van der Waals surface area (Å²) in [6, 6.07) is 16.1. The summed E-state index contributed by atoms with van der Waals surface area (Å²) in [5.41, 5.74) is 2.40. The Hall–Kier alpha value is -2.09. The standard InChI is InChI=1S/C23H34N2O4S/c1-28-22-10-9-21(19-23(22)29-2)12-15-25-16-18-30(26,27)17-6-13-24-14-11-20-7-4-3-5-8-20/h3-5,7-10,19,24-25H,6,11-18H2,1-2H3. The molecule has 0 bridgehead atoms. The Bertz CT molecular complexity index is 842. The highest BCUT2D eigenvalue weighted by atomic mass is 32.2. The second kappa shape index (κ2) is 13.3. The van der Waals surface area contributed by atoms with Gasteiger partial charge in [0.2, 0.25) is 0 Å². The molecule has 166 valence electrons. The minimum atomic E-state index is -3.02. The van der Waals surface area contributed by atoms with Crippen LogP contribution in [0.1, 0.15) is 17.5 Å². The van der Waals surface area contributed by atoms with Gasteiger partial charge in [-0.05, 0) is 62.2 Å². The number of ether oxygens (including phenoxy) is 2. The zero-order valence-corrected chi connectivity index (χ0v) is 18.8. The summed E-state index contributed by atoms with van der Waals surface area (Å²) in [6.45, 7) is 2.77. The molecule has 0 unspecified atom stereocenters. The number of nitrogens with one attached hydrogen (secondary N) is 2. The lowest BCUT2D eigenvalue weighted by Crippen LogP contribution is -2.27. The van der Waals surface area contributed by atoms with Crippen molar-refractivity contribution in [3.63, 3.8) is 0 Å². The molecule has 0 atom stereocenters. The van der Waals surface area contributed by atoms with Crippen molar-refractivity contribution in [1.82, 2.24) is 10.6 Å². The number of hydrogen-bond acceptors (Lipinski definition) is 6. The second-order valence-electron chi connectivity index (χ2n) is 7.18. The molecule has 2 rings (SSSR count). The summed E-state index contributed by atoms with van der Waals surface area (Å²) < 4.78 is 34.9. The lowest BCUT2D eigenvalue weighted by Gasteiger charge is -2.10. The van der Waals surface area contributed by atoms with Crippen LogP contribution in [0.4, 0.5) is 0 Å². The molecule has 0 aromatic heterocycles. The fourth-order valence-corrected chi connectivity index (χ4v) is 4.39. The molecule has 2 aromatic rings. The Morgan fingerprint density at radius 3 is 2.10 bits per heavy atom. The first kappa shape index (κ1) is 24.2. The highest BCUT2D eigenvalue weighted by Gasteiger charge is 2.10. The van der Waals surface area contributed by atoms with Crippen LogP contribution >= 0.6 is 0 Å². The van der Waals surface area contributed by atoms with Crippen LogP contribution in [-0.2, 0) is 22.7 Å². The monoisotopic (exact) mass is 434 g/mol. The van der Waals surface area contributed by atoms with Crippen molar-refractivity contribution in [2.75, 3.05) is 51.9 Å². The van der Waals surface area contributed by atoms with Crippen molar-refractivity contribution in [3.8, 4) is 11.5 Å². The van der Waals surface area contributed by atoms with Crippen molar-refractivity contribution in [2.45, 2.75) is 19.3 Å². The van der Waals surface area contributed by atoms with E-state index in [1.165, 1.54) is 5.56 Å². The van der Waals surface area contributed by atoms with Gasteiger partial charge in [0, 0.05) is 6.54 Å². The van der Waals surface area contributed by atoms with Crippen LogP contribution in [0.2, 0.25) is 0 Å². The maximum atomic E-state index is 12.2. The second-order valence-corrected chi connectivity index (χ2v) is 9.48. The first-order chi connectivity index (χ1) is 14.5. The van der Waals surface area contributed by atoms with E-state index in [4.69, 9.17) is 9.47 Å².